The normalized spacial score (nSPS) is 17.3. The Morgan fingerprint density at radius 3 is 2.20 bits per heavy atom. The van der Waals surface area contributed by atoms with Gasteiger partial charge in [-0.3, -0.25) is 0 Å². The summed E-state index contributed by atoms with van der Waals surface area (Å²) in [6, 6.07) is 0. The van der Waals surface area contributed by atoms with Gasteiger partial charge in [0.1, 0.15) is 0 Å². The predicted octanol–water partition coefficient (Wildman–Crippen LogP) is -0.327. The van der Waals surface area contributed by atoms with Crippen LogP contribution in [0.15, 0.2) is 0 Å². The Morgan fingerprint density at radius 1 is 1.10 bits per heavy atom. The van der Waals surface area contributed by atoms with Gasteiger partial charge in [0.05, 0.1) is 6.26 Å². The second-order valence-corrected chi connectivity index (χ2v) is 7.07. The predicted molar refractivity (Wildman–Crippen MR) is 77.8 cm³/mol. The number of nitrogens with zero attached hydrogens (tertiary/aromatic N) is 6. The van der Waals surface area contributed by atoms with Crippen LogP contribution in [0.5, 0.6) is 0 Å². The van der Waals surface area contributed by atoms with Crippen LogP contribution in [0.1, 0.15) is 0 Å². The highest BCUT2D eigenvalue weighted by Gasteiger charge is 2.25. The Bertz CT molecular complexity index is 585. The van der Waals surface area contributed by atoms with Crippen molar-refractivity contribution < 1.29 is 8.42 Å². The topological polar surface area (TPSA) is 82.5 Å². The summed E-state index contributed by atoms with van der Waals surface area (Å²) in [7, 11) is 0.491. The smallest absolute Gasteiger partial charge is 0.231 e. The molecule has 1 fully saturated rings. The van der Waals surface area contributed by atoms with Gasteiger partial charge in [-0.25, -0.2) is 8.42 Å². The molecule has 0 radical (unpaired) electrons. The van der Waals surface area contributed by atoms with E-state index in [0.717, 1.165) is 0 Å². The maximum absolute atomic E-state index is 11.5. The number of piperazine rings is 1. The zero-order valence-electron chi connectivity index (χ0n) is 11.6. The molecule has 1 aliphatic rings. The van der Waals surface area contributed by atoms with Crippen LogP contribution in [0.2, 0.25) is 5.28 Å². The quantitative estimate of drug-likeness (QED) is 0.754. The average molecular weight is 321 g/mol. The van der Waals surface area contributed by atoms with Crippen molar-refractivity contribution in [2.45, 2.75) is 0 Å². The molecule has 0 atom stereocenters. The van der Waals surface area contributed by atoms with Crippen LogP contribution in [-0.4, -0.2) is 74.2 Å². The van der Waals surface area contributed by atoms with E-state index in [9.17, 15) is 8.42 Å². The molecule has 20 heavy (non-hydrogen) atoms. The number of rotatable bonds is 3. The van der Waals surface area contributed by atoms with Gasteiger partial charge in [0.15, 0.2) is 0 Å². The molecule has 0 unspecified atom stereocenters. The van der Waals surface area contributed by atoms with Crippen molar-refractivity contribution >= 4 is 33.5 Å². The number of sulfonamides is 1. The van der Waals surface area contributed by atoms with Crippen LogP contribution in [0, 0.1) is 0 Å². The van der Waals surface area contributed by atoms with Crippen LogP contribution in [-0.2, 0) is 10.0 Å². The SMILES string of the molecule is CN(C)c1nc(Cl)nc(N2CCN(S(C)(=O)=O)CC2)n1. The Kier molecular flexibility index (Phi) is 4.31. The van der Waals surface area contributed by atoms with Crippen LogP contribution < -0.4 is 9.80 Å². The van der Waals surface area contributed by atoms with Crippen molar-refractivity contribution in [3.63, 3.8) is 0 Å². The lowest BCUT2D eigenvalue weighted by molar-refractivity contribution is 0.385. The third-order valence-corrected chi connectivity index (χ3v) is 4.45. The summed E-state index contributed by atoms with van der Waals surface area (Å²) in [4.78, 5) is 16.1. The van der Waals surface area contributed by atoms with Crippen molar-refractivity contribution in [2.24, 2.45) is 0 Å². The fourth-order valence-electron chi connectivity index (χ4n) is 1.89. The van der Waals surface area contributed by atoms with Crippen LogP contribution in [0.3, 0.4) is 0 Å². The summed E-state index contributed by atoms with van der Waals surface area (Å²) >= 11 is 5.89. The van der Waals surface area contributed by atoms with Crippen molar-refractivity contribution in [1.29, 1.82) is 0 Å². The third-order valence-electron chi connectivity index (χ3n) is 2.98. The van der Waals surface area contributed by atoms with Crippen molar-refractivity contribution in [3.8, 4) is 0 Å². The molecule has 1 aliphatic heterocycles. The highest BCUT2D eigenvalue weighted by atomic mass is 35.5. The largest absolute Gasteiger partial charge is 0.347 e. The highest BCUT2D eigenvalue weighted by Crippen LogP contribution is 2.17. The van der Waals surface area contributed by atoms with E-state index in [1.54, 1.807) is 4.90 Å². The minimum atomic E-state index is -3.14. The molecule has 8 nitrogen and oxygen atoms in total. The Morgan fingerprint density at radius 2 is 1.70 bits per heavy atom. The molecule has 0 aliphatic carbocycles. The number of anilines is 2. The number of hydrogen-bond donors (Lipinski definition) is 0. The average Bonchev–Trinajstić information content (AvgIpc) is 2.37. The monoisotopic (exact) mass is 320 g/mol. The number of aromatic nitrogens is 3. The van der Waals surface area contributed by atoms with Crippen LogP contribution in [0.25, 0.3) is 0 Å². The highest BCUT2D eigenvalue weighted by molar-refractivity contribution is 7.88. The van der Waals surface area contributed by atoms with E-state index in [1.165, 1.54) is 10.6 Å². The molecule has 0 spiro atoms. The Labute approximate surface area is 123 Å². The molecule has 1 aromatic heterocycles. The van der Waals surface area contributed by atoms with Gasteiger partial charge < -0.3 is 9.80 Å². The fourth-order valence-corrected chi connectivity index (χ4v) is 2.87. The molecule has 2 heterocycles. The van der Waals surface area contributed by atoms with Gasteiger partial charge in [-0.2, -0.15) is 19.3 Å². The minimum absolute atomic E-state index is 0.129. The van der Waals surface area contributed by atoms with E-state index in [4.69, 9.17) is 11.6 Å². The zero-order chi connectivity index (χ0) is 14.9. The molecule has 10 heteroatoms. The van der Waals surface area contributed by atoms with Crippen molar-refractivity contribution in [2.75, 3.05) is 56.3 Å². The van der Waals surface area contributed by atoms with Gasteiger partial charge in [0.2, 0.25) is 27.2 Å². The fraction of sp³-hybridized carbons (Fsp3) is 0.700. The van der Waals surface area contributed by atoms with E-state index in [-0.39, 0.29) is 5.28 Å². The third kappa shape index (κ3) is 3.47. The number of halogens is 1. The first-order valence-corrected chi connectivity index (χ1v) is 8.29. The Hall–Kier alpha value is -1.19. The first-order chi connectivity index (χ1) is 9.27. The summed E-state index contributed by atoms with van der Waals surface area (Å²) in [6.07, 6.45) is 1.21. The van der Waals surface area contributed by atoms with Gasteiger partial charge in [0, 0.05) is 40.3 Å². The summed E-state index contributed by atoms with van der Waals surface area (Å²) in [5.41, 5.74) is 0. The van der Waals surface area contributed by atoms with Gasteiger partial charge in [-0.05, 0) is 11.6 Å². The molecule has 0 saturated carbocycles. The van der Waals surface area contributed by atoms with E-state index >= 15 is 0 Å². The molecule has 1 aromatic rings. The van der Waals surface area contributed by atoms with E-state index in [1.807, 2.05) is 19.0 Å². The number of hydrogen-bond acceptors (Lipinski definition) is 7. The molecule has 112 valence electrons. The lowest BCUT2D eigenvalue weighted by Crippen LogP contribution is -2.49. The van der Waals surface area contributed by atoms with Crippen molar-refractivity contribution in [1.82, 2.24) is 19.3 Å². The minimum Gasteiger partial charge on any atom is -0.347 e. The second-order valence-electron chi connectivity index (χ2n) is 4.75. The summed E-state index contributed by atoms with van der Waals surface area (Å²) in [6.45, 7) is 1.89. The first-order valence-electron chi connectivity index (χ1n) is 6.06. The van der Waals surface area contributed by atoms with Gasteiger partial charge in [0.25, 0.3) is 0 Å². The molecule has 0 bridgehead atoms. The Balaban J connectivity index is 2.15. The van der Waals surface area contributed by atoms with Crippen molar-refractivity contribution in [3.05, 3.63) is 5.28 Å². The zero-order valence-corrected chi connectivity index (χ0v) is 13.2. The molecule has 0 aromatic carbocycles. The first kappa shape index (κ1) is 15.2. The molecule has 0 N–H and O–H groups in total. The molecule has 0 amide bonds. The maximum atomic E-state index is 11.5. The second kappa shape index (κ2) is 5.66. The van der Waals surface area contributed by atoms with E-state index in [0.29, 0.717) is 38.1 Å². The van der Waals surface area contributed by atoms with Gasteiger partial charge in [-0.15, -0.1) is 0 Å². The van der Waals surface area contributed by atoms with E-state index in [2.05, 4.69) is 15.0 Å². The standard InChI is InChI=1S/C10H17ClN6O2S/c1-15(2)9-12-8(11)13-10(14-9)16-4-6-17(7-5-16)20(3,18)19/h4-7H2,1-3H3. The van der Waals surface area contributed by atoms with Crippen LogP contribution >= 0.6 is 11.6 Å². The molecule has 2 rings (SSSR count). The van der Waals surface area contributed by atoms with Crippen LogP contribution in [0.4, 0.5) is 11.9 Å². The molecular formula is C10H17ClN6O2S. The summed E-state index contributed by atoms with van der Waals surface area (Å²) in [5, 5.41) is 0.129. The summed E-state index contributed by atoms with van der Waals surface area (Å²) < 4.78 is 24.4. The van der Waals surface area contributed by atoms with Gasteiger partial charge >= 0.3 is 0 Å². The lowest BCUT2D eigenvalue weighted by atomic mass is 10.4. The van der Waals surface area contributed by atoms with E-state index < -0.39 is 10.0 Å². The maximum Gasteiger partial charge on any atom is 0.231 e. The summed E-state index contributed by atoms with van der Waals surface area (Å²) in [5.74, 6) is 0.951. The molecule has 1 saturated heterocycles. The lowest BCUT2D eigenvalue weighted by Gasteiger charge is -2.33. The van der Waals surface area contributed by atoms with Gasteiger partial charge in [-0.1, -0.05) is 0 Å². The molecular weight excluding hydrogens is 304 g/mol.